The number of aryl methyl sites for hydroxylation is 1. The van der Waals surface area contributed by atoms with Gasteiger partial charge >= 0.3 is 0 Å². The largest absolute Gasteiger partial charge is 0.479 e. The van der Waals surface area contributed by atoms with Crippen molar-refractivity contribution in [1.82, 2.24) is 19.5 Å². The lowest BCUT2D eigenvalue weighted by molar-refractivity contribution is 0.401. The van der Waals surface area contributed by atoms with Gasteiger partial charge in [0, 0.05) is 9.75 Å². The van der Waals surface area contributed by atoms with Gasteiger partial charge in [-0.05, 0) is 19.1 Å². The number of aromatic nitrogens is 4. The highest BCUT2D eigenvalue weighted by molar-refractivity contribution is 7.11. The number of halogens is 1. The van der Waals surface area contributed by atoms with Crippen molar-refractivity contribution in [2.45, 2.75) is 19.3 Å². The molecular weight excluding hydrogens is 296 g/mol. The van der Waals surface area contributed by atoms with E-state index in [0.717, 1.165) is 11.5 Å². The first-order valence-electron chi connectivity index (χ1n) is 6.08. The normalized spacial score (nSPS) is 11.2. The minimum atomic E-state index is 0.323. The van der Waals surface area contributed by atoms with Crippen LogP contribution in [-0.2, 0) is 12.4 Å². The molecule has 0 saturated carbocycles. The number of fused-ring (bicyclic) bond motifs is 1. The van der Waals surface area contributed by atoms with E-state index in [1.165, 1.54) is 16.1 Å². The number of alkyl halides is 1. The summed E-state index contributed by atoms with van der Waals surface area (Å²) in [6, 6.07) is 4.22. The maximum atomic E-state index is 6.00. The zero-order valence-corrected chi connectivity index (χ0v) is 12.7. The molecule has 5 nitrogen and oxygen atoms in total. The summed E-state index contributed by atoms with van der Waals surface area (Å²) in [6.45, 7) is 2.80. The quantitative estimate of drug-likeness (QED) is 0.695. The molecule has 0 aliphatic carbocycles. The molecule has 0 bridgehead atoms. The van der Waals surface area contributed by atoms with E-state index in [1.807, 2.05) is 4.57 Å². The molecular formula is C13H13ClN4OS. The lowest BCUT2D eigenvalue weighted by atomic mass is 10.4. The van der Waals surface area contributed by atoms with Crippen molar-refractivity contribution in [3.63, 3.8) is 0 Å². The lowest BCUT2D eigenvalue weighted by Crippen LogP contribution is -2.03. The van der Waals surface area contributed by atoms with Gasteiger partial charge in [0.25, 0.3) is 0 Å². The van der Waals surface area contributed by atoms with Crippen LogP contribution in [0, 0.1) is 6.92 Å². The highest BCUT2D eigenvalue weighted by Gasteiger charge is 2.16. The van der Waals surface area contributed by atoms with Gasteiger partial charge in [-0.15, -0.1) is 22.9 Å². The minimum absolute atomic E-state index is 0.323. The lowest BCUT2D eigenvalue weighted by Gasteiger charge is -2.05. The summed E-state index contributed by atoms with van der Waals surface area (Å²) >= 11 is 7.76. The number of ether oxygens (including phenoxy) is 1. The summed E-state index contributed by atoms with van der Waals surface area (Å²) in [5.41, 5.74) is 1.40. The monoisotopic (exact) mass is 308 g/mol. The third-order valence-electron chi connectivity index (χ3n) is 3.00. The van der Waals surface area contributed by atoms with Crippen LogP contribution in [0.15, 0.2) is 18.5 Å². The fourth-order valence-corrected chi connectivity index (χ4v) is 3.19. The second-order valence-corrected chi connectivity index (χ2v) is 5.96. The number of methoxy groups -OCH3 is 1. The molecule has 0 spiro atoms. The molecule has 0 amide bonds. The Bertz CT molecular complexity index is 752. The van der Waals surface area contributed by atoms with Crippen LogP contribution in [0.5, 0.6) is 5.88 Å². The Kier molecular flexibility index (Phi) is 3.58. The third kappa shape index (κ3) is 2.25. The van der Waals surface area contributed by atoms with Crippen LogP contribution in [0.2, 0.25) is 0 Å². The molecule has 20 heavy (non-hydrogen) atoms. The molecule has 0 atom stereocenters. The minimum Gasteiger partial charge on any atom is -0.479 e. The molecule has 7 heteroatoms. The van der Waals surface area contributed by atoms with E-state index in [9.17, 15) is 0 Å². The third-order valence-corrected chi connectivity index (χ3v) is 4.22. The van der Waals surface area contributed by atoms with E-state index >= 15 is 0 Å². The summed E-state index contributed by atoms with van der Waals surface area (Å²) < 4.78 is 7.24. The van der Waals surface area contributed by atoms with Crippen molar-refractivity contribution in [2.75, 3.05) is 7.11 Å². The molecule has 0 aliphatic heterocycles. The van der Waals surface area contributed by atoms with Gasteiger partial charge < -0.3 is 9.30 Å². The van der Waals surface area contributed by atoms with Crippen molar-refractivity contribution >= 4 is 34.1 Å². The molecule has 3 aromatic rings. The summed E-state index contributed by atoms with van der Waals surface area (Å²) in [7, 11) is 1.57. The fraction of sp³-hybridized carbons (Fsp3) is 0.308. The molecule has 0 aliphatic rings. The number of nitrogens with zero attached hydrogens (tertiary/aromatic N) is 4. The molecule has 3 aromatic heterocycles. The van der Waals surface area contributed by atoms with E-state index in [4.69, 9.17) is 16.3 Å². The number of hydrogen-bond acceptors (Lipinski definition) is 5. The van der Waals surface area contributed by atoms with Gasteiger partial charge in [-0.2, -0.15) is 4.98 Å². The van der Waals surface area contributed by atoms with Gasteiger partial charge in [0.1, 0.15) is 12.2 Å². The smallest absolute Gasteiger partial charge is 0.245 e. The van der Waals surface area contributed by atoms with Crippen molar-refractivity contribution in [1.29, 1.82) is 0 Å². The molecule has 104 valence electrons. The summed E-state index contributed by atoms with van der Waals surface area (Å²) in [5, 5.41) is 0. The molecule has 0 fully saturated rings. The van der Waals surface area contributed by atoms with Gasteiger partial charge in [-0.1, -0.05) is 0 Å². The summed E-state index contributed by atoms with van der Waals surface area (Å²) in [6.07, 6.45) is 1.48. The van der Waals surface area contributed by atoms with Crippen LogP contribution in [0.4, 0.5) is 0 Å². The maximum absolute atomic E-state index is 6.00. The van der Waals surface area contributed by atoms with Gasteiger partial charge in [0.2, 0.25) is 5.88 Å². The molecule has 0 saturated heterocycles. The highest BCUT2D eigenvalue weighted by Crippen LogP contribution is 2.25. The predicted octanol–water partition coefficient (Wildman–Crippen LogP) is 2.99. The number of rotatable bonds is 4. The Labute approximate surface area is 125 Å². The average Bonchev–Trinajstić information content (AvgIpc) is 3.03. The zero-order valence-electron chi connectivity index (χ0n) is 11.1. The van der Waals surface area contributed by atoms with Gasteiger partial charge in [-0.25, -0.2) is 9.97 Å². The van der Waals surface area contributed by atoms with Crippen LogP contribution in [0.3, 0.4) is 0 Å². The van der Waals surface area contributed by atoms with Gasteiger partial charge in [-0.3, -0.25) is 0 Å². The SMILES string of the molecule is COc1ncnc2c1nc(CCl)n2Cc1ccc(C)s1. The van der Waals surface area contributed by atoms with Crippen molar-refractivity contribution < 1.29 is 4.74 Å². The van der Waals surface area contributed by atoms with E-state index in [1.54, 1.807) is 18.4 Å². The Morgan fingerprint density at radius 3 is 2.85 bits per heavy atom. The molecule has 0 N–H and O–H groups in total. The Balaban J connectivity index is 2.13. The van der Waals surface area contributed by atoms with Gasteiger partial charge in [0.15, 0.2) is 11.2 Å². The Morgan fingerprint density at radius 1 is 1.35 bits per heavy atom. The fourth-order valence-electron chi connectivity index (χ4n) is 2.10. The Morgan fingerprint density at radius 2 is 2.20 bits per heavy atom. The van der Waals surface area contributed by atoms with E-state index in [0.29, 0.717) is 23.8 Å². The standard InChI is InChI=1S/C13H13ClN4OS/c1-8-3-4-9(20-8)6-18-10(5-14)17-11-12(18)15-7-16-13(11)19-2/h3-4,7H,5-6H2,1-2H3. The van der Waals surface area contributed by atoms with Crippen LogP contribution in [0.1, 0.15) is 15.6 Å². The number of hydrogen-bond donors (Lipinski definition) is 0. The first-order valence-corrected chi connectivity index (χ1v) is 7.43. The van der Waals surface area contributed by atoms with Crippen molar-refractivity contribution in [3.8, 4) is 5.88 Å². The van der Waals surface area contributed by atoms with E-state index in [2.05, 4.69) is 34.0 Å². The molecule has 0 aromatic carbocycles. The number of imidazole rings is 1. The van der Waals surface area contributed by atoms with Crippen LogP contribution < -0.4 is 4.74 Å². The second kappa shape index (κ2) is 5.38. The molecule has 3 heterocycles. The average molecular weight is 309 g/mol. The van der Waals surface area contributed by atoms with Crippen LogP contribution in [0.25, 0.3) is 11.2 Å². The first-order chi connectivity index (χ1) is 9.72. The molecule has 0 radical (unpaired) electrons. The maximum Gasteiger partial charge on any atom is 0.245 e. The number of thiophene rings is 1. The van der Waals surface area contributed by atoms with E-state index < -0.39 is 0 Å². The first kappa shape index (κ1) is 13.3. The summed E-state index contributed by atoms with van der Waals surface area (Å²) in [5.74, 6) is 1.57. The van der Waals surface area contributed by atoms with Gasteiger partial charge in [0.05, 0.1) is 19.5 Å². The van der Waals surface area contributed by atoms with Crippen LogP contribution in [-0.4, -0.2) is 26.6 Å². The summed E-state index contributed by atoms with van der Waals surface area (Å²) in [4.78, 5) is 15.4. The molecule has 3 rings (SSSR count). The molecule has 0 unspecified atom stereocenters. The topological polar surface area (TPSA) is 52.8 Å². The second-order valence-electron chi connectivity index (χ2n) is 4.32. The van der Waals surface area contributed by atoms with E-state index in [-0.39, 0.29) is 0 Å². The zero-order chi connectivity index (χ0) is 14.1. The van der Waals surface area contributed by atoms with Crippen molar-refractivity contribution in [2.24, 2.45) is 0 Å². The predicted molar refractivity (Wildman–Crippen MR) is 79.6 cm³/mol. The van der Waals surface area contributed by atoms with Crippen LogP contribution >= 0.6 is 22.9 Å². The Hall–Kier alpha value is -1.66. The highest BCUT2D eigenvalue weighted by atomic mass is 35.5. The van der Waals surface area contributed by atoms with Crippen molar-refractivity contribution in [3.05, 3.63) is 34.0 Å².